The molecule has 1 fully saturated rings. The van der Waals surface area contributed by atoms with E-state index in [0.717, 1.165) is 37.4 Å². The fourth-order valence-electron chi connectivity index (χ4n) is 2.59. The summed E-state index contributed by atoms with van der Waals surface area (Å²) in [6, 6.07) is 6.26. The molecule has 0 spiro atoms. The molecule has 1 saturated carbocycles. The van der Waals surface area contributed by atoms with Crippen molar-refractivity contribution in [2.45, 2.75) is 39.2 Å². The molecule has 1 unspecified atom stereocenters. The first-order chi connectivity index (χ1) is 12.6. The zero-order chi connectivity index (χ0) is 18.8. The Hall–Kier alpha value is -1.06. The van der Waals surface area contributed by atoms with Gasteiger partial charge in [-0.3, -0.25) is 4.99 Å². The van der Waals surface area contributed by atoms with E-state index in [4.69, 9.17) is 9.47 Å². The average molecular weight is 491 g/mol. The standard InChI is InChI=1S/C20H33N3O3.HI/c1-4-21-20(23-12-18(24)14-26-13-17-7-8-17)22-10-9-16-6-5-15(2)19(11-16)25-3;/h5-6,11,17-18,24H,4,7-10,12-14H2,1-3H3,(H2,21,22,23);1H. The normalized spacial score (nSPS) is 15.0. The van der Waals surface area contributed by atoms with Crippen LogP contribution >= 0.6 is 24.0 Å². The summed E-state index contributed by atoms with van der Waals surface area (Å²) in [5, 5.41) is 16.5. The van der Waals surface area contributed by atoms with Crippen molar-refractivity contribution in [3.63, 3.8) is 0 Å². The smallest absolute Gasteiger partial charge is 0.191 e. The van der Waals surface area contributed by atoms with Crippen LogP contribution in [-0.2, 0) is 11.2 Å². The zero-order valence-electron chi connectivity index (χ0n) is 16.7. The van der Waals surface area contributed by atoms with Crippen LogP contribution in [0.25, 0.3) is 0 Å². The molecule has 154 valence electrons. The minimum absolute atomic E-state index is 0. The maximum atomic E-state index is 9.99. The van der Waals surface area contributed by atoms with Crippen LogP contribution in [-0.4, -0.2) is 57.1 Å². The number of rotatable bonds is 11. The Balaban J connectivity index is 0.00000364. The second-order valence-corrected chi connectivity index (χ2v) is 6.84. The summed E-state index contributed by atoms with van der Waals surface area (Å²) >= 11 is 0. The van der Waals surface area contributed by atoms with Gasteiger partial charge in [0.1, 0.15) is 5.75 Å². The summed E-state index contributed by atoms with van der Waals surface area (Å²) < 4.78 is 10.9. The molecule has 27 heavy (non-hydrogen) atoms. The highest BCUT2D eigenvalue weighted by Crippen LogP contribution is 2.28. The summed E-state index contributed by atoms with van der Waals surface area (Å²) in [4.78, 5) is 4.45. The van der Waals surface area contributed by atoms with E-state index >= 15 is 0 Å². The maximum absolute atomic E-state index is 9.99. The Morgan fingerprint density at radius 2 is 2.11 bits per heavy atom. The molecule has 0 heterocycles. The van der Waals surface area contributed by atoms with E-state index in [1.807, 2.05) is 13.8 Å². The largest absolute Gasteiger partial charge is 0.496 e. The van der Waals surface area contributed by atoms with Gasteiger partial charge in [-0.15, -0.1) is 24.0 Å². The maximum Gasteiger partial charge on any atom is 0.191 e. The van der Waals surface area contributed by atoms with Gasteiger partial charge in [-0.25, -0.2) is 0 Å². The fourth-order valence-corrected chi connectivity index (χ4v) is 2.59. The van der Waals surface area contributed by atoms with Crippen LogP contribution in [0.5, 0.6) is 5.75 Å². The van der Waals surface area contributed by atoms with E-state index in [0.29, 0.717) is 25.0 Å². The molecule has 3 N–H and O–H groups in total. The van der Waals surface area contributed by atoms with E-state index in [2.05, 4.69) is 33.8 Å². The minimum atomic E-state index is -0.564. The molecular formula is C20H34IN3O3. The number of hydrogen-bond donors (Lipinski definition) is 3. The fraction of sp³-hybridized carbons (Fsp3) is 0.650. The lowest BCUT2D eigenvalue weighted by Gasteiger charge is -2.14. The molecule has 1 aliphatic carbocycles. The predicted molar refractivity (Wildman–Crippen MR) is 120 cm³/mol. The topological polar surface area (TPSA) is 75.1 Å². The van der Waals surface area contributed by atoms with Gasteiger partial charge in [0, 0.05) is 19.7 Å². The summed E-state index contributed by atoms with van der Waals surface area (Å²) in [6.07, 6.45) is 2.82. The lowest BCUT2D eigenvalue weighted by Crippen LogP contribution is -2.39. The molecule has 0 aliphatic heterocycles. The van der Waals surface area contributed by atoms with Crippen LogP contribution in [0.1, 0.15) is 30.9 Å². The third-order valence-electron chi connectivity index (χ3n) is 4.34. The highest BCUT2D eigenvalue weighted by atomic mass is 127. The number of aliphatic imine (C=N–C) groups is 1. The monoisotopic (exact) mass is 491 g/mol. The lowest BCUT2D eigenvalue weighted by atomic mass is 10.1. The van der Waals surface area contributed by atoms with Crippen molar-refractivity contribution >= 4 is 29.9 Å². The van der Waals surface area contributed by atoms with E-state index in [1.165, 1.54) is 18.4 Å². The highest BCUT2D eigenvalue weighted by Gasteiger charge is 2.21. The van der Waals surface area contributed by atoms with Gasteiger partial charge in [-0.1, -0.05) is 12.1 Å². The number of hydrogen-bond acceptors (Lipinski definition) is 4. The van der Waals surface area contributed by atoms with Crippen molar-refractivity contribution in [2.75, 3.05) is 40.0 Å². The van der Waals surface area contributed by atoms with E-state index in [-0.39, 0.29) is 24.0 Å². The van der Waals surface area contributed by atoms with Crippen molar-refractivity contribution in [3.8, 4) is 5.75 Å². The van der Waals surface area contributed by atoms with Gasteiger partial charge >= 0.3 is 0 Å². The number of halogens is 1. The van der Waals surface area contributed by atoms with Crippen LogP contribution in [0.4, 0.5) is 0 Å². The first-order valence-corrected chi connectivity index (χ1v) is 9.53. The second kappa shape index (κ2) is 13.2. The van der Waals surface area contributed by atoms with E-state index in [9.17, 15) is 5.11 Å². The lowest BCUT2D eigenvalue weighted by molar-refractivity contribution is 0.0368. The number of aryl methyl sites for hydroxylation is 1. The molecule has 1 atom stereocenters. The Morgan fingerprint density at radius 1 is 1.33 bits per heavy atom. The van der Waals surface area contributed by atoms with Crippen molar-refractivity contribution in [1.29, 1.82) is 0 Å². The number of aliphatic hydroxyl groups is 1. The van der Waals surface area contributed by atoms with Crippen molar-refractivity contribution in [3.05, 3.63) is 29.3 Å². The number of guanidine groups is 1. The van der Waals surface area contributed by atoms with Crippen molar-refractivity contribution < 1.29 is 14.6 Å². The van der Waals surface area contributed by atoms with Crippen LogP contribution in [0.2, 0.25) is 0 Å². The van der Waals surface area contributed by atoms with Gasteiger partial charge in [0.15, 0.2) is 5.96 Å². The predicted octanol–water partition coefficient (Wildman–Crippen LogP) is 2.51. The van der Waals surface area contributed by atoms with Gasteiger partial charge in [-0.2, -0.15) is 0 Å². The average Bonchev–Trinajstić information content (AvgIpc) is 3.45. The Morgan fingerprint density at radius 3 is 2.78 bits per heavy atom. The minimum Gasteiger partial charge on any atom is -0.496 e. The van der Waals surface area contributed by atoms with Gasteiger partial charge in [0.25, 0.3) is 0 Å². The van der Waals surface area contributed by atoms with Gasteiger partial charge in [-0.05, 0) is 56.2 Å². The van der Waals surface area contributed by atoms with Gasteiger partial charge in [0.05, 0.1) is 26.4 Å². The quantitative estimate of drug-likeness (QED) is 0.252. The number of benzene rings is 1. The second-order valence-electron chi connectivity index (χ2n) is 6.84. The summed E-state index contributed by atoms with van der Waals surface area (Å²) in [6.45, 7) is 7.04. The SMILES string of the molecule is CCNC(=NCC(O)COCC1CC1)NCCc1ccc(C)c(OC)c1.I. The molecule has 6 nitrogen and oxygen atoms in total. The number of methoxy groups -OCH3 is 1. The molecule has 1 aromatic rings. The van der Waals surface area contributed by atoms with E-state index in [1.54, 1.807) is 7.11 Å². The van der Waals surface area contributed by atoms with Crippen LogP contribution in [0, 0.1) is 12.8 Å². The third kappa shape index (κ3) is 9.62. The van der Waals surface area contributed by atoms with Crippen LogP contribution < -0.4 is 15.4 Å². The number of aliphatic hydroxyl groups excluding tert-OH is 1. The molecular weight excluding hydrogens is 457 g/mol. The zero-order valence-corrected chi connectivity index (χ0v) is 19.0. The van der Waals surface area contributed by atoms with Crippen LogP contribution in [0.3, 0.4) is 0 Å². The molecule has 0 bridgehead atoms. The summed E-state index contributed by atoms with van der Waals surface area (Å²) in [5.74, 6) is 2.34. The third-order valence-corrected chi connectivity index (χ3v) is 4.34. The Bertz CT molecular complexity index is 580. The molecule has 7 heteroatoms. The Kier molecular flexibility index (Phi) is 11.7. The number of nitrogens with one attached hydrogen (secondary N) is 2. The number of nitrogens with zero attached hydrogens (tertiary/aromatic N) is 1. The summed E-state index contributed by atoms with van der Waals surface area (Å²) in [7, 11) is 1.69. The van der Waals surface area contributed by atoms with Crippen molar-refractivity contribution in [1.82, 2.24) is 10.6 Å². The molecule has 0 radical (unpaired) electrons. The van der Waals surface area contributed by atoms with Crippen LogP contribution in [0.15, 0.2) is 23.2 Å². The molecule has 1 aromatic carbocycles. The first-order valence-electron chi connectivity index (χ1n) is 9.53. The molecule has 0 amide bonds. The number of ether oxygens (including phenoxy) is 2. The van der Waals surface area contributed by atoms with Crippen molar-refractivity contribution in [2.24, 2.45) is 10.9 Å². The molecule has 2 rings (SSSR count). The first kappa shape index (κ1) is 24.0. The van der Waals surface area contributed by atoms with Gasteiger partial charge in [0.2, 0.25) is 0 Å². The summed E-state index contributed by atoms with van der Waals surface area (Å²) in [5.41, 5.74) is 2.35. The molecule has 1 aliphatic rings. The highest BCUT2D eigenvalue weighted by molar-refractivity contribution is 14.0. The molecule has 0 saturated heterocycles. The molecule has 0 aromatic heterocycles. The van der Waals surface area contributed by atoms with Gasteiger partial charge < -0.3 is 25.2 Å². The van der Waals surface area contributed by atoms with E-state index < -0.39 is 6.10 Å². The Labute approximate surface area is 180 Å².